The summed E-state index contributed by atoms with van der Waals surface area (Å²) in [5.41, 5.74) is 0. The average Bonchev–Trinajstić information content (AvgIpc) is 3.29. The molecule has 0 radical (unpaired) electrons. The minimum Gasteiger partial charge on any atom is -0.462 e. The van der Waals surface area contributed by atoms with Gasteiger partial charge in [-0.1, -0.05) is 200 Å². The summed E-state index contributed by atoms with van der Waals surface area (Å²) in [7, 11) is 0. The van der Waals surface area contributed by atoms with Crippen molar-refractivity contribution in [3.8, 4) is 0 Å². The van der Waals surface area contributed by atoms with Gasteiger partial charge in [-0.05, 0) is 109 Å². The van der Waals surface area contributed by atoms with Crippen molar-refractivity contribution in [2.24, 2.45) is 0 Å². The lowest BCUT2D eigenvalue weighted by molar-refractivity contribution is -0.167. The molecule has 6 heteroatoms. The molecular weight excluding hydrogens is 793 g/mol. The summed E-state index contributed by atoms with van der Waals surface area (Å²) in [5.74, 6) is -0.980. The molecule has 6 nitrogen and oxygen atoms in total. The first-order valence-corrected chi connectivity index (χ1v) is 25.6. The molecule has 360 valence electrons. The number of ether oxygens (including phenoxy) is 3. The second-order valence-corrected chi connectivity index (χ2v) is 16.4. The molecule has 0 aromatic heterocycles. The molecule has 1 unspecified atom stereocenters. The number of unbranched alkanes of at least 4 members (excludes halogenated alkanes) is 16. The van der Waals surface area contributed by atoms with Crippen LogP contribution in [0, 0.1) is 0 Å². The molecule has 0 heterocycles. The van der Waals surface area contributed by atoms with E-state index in [-0.39, 0.29) is 37.5 Å². The van der Waals surface area contributed by atoms with Crippen LogP contribution in [-0.2, 0) is 28.6 Å². The molecule has 0 saturated carbocycles. The van der Waals surface area contributed by atoms with Crippen molar-refractivity contribution in [1.29, 1.82) is 0 Å². The summed E-state index contributed by atoms with van der Waals surface area (Å²) >= 11 is 0. The van der Waals surface area contributed by atoms with Crippen LogP contribution in [0.15, 0.2) is 122 Å². The van der Waals surface area contributed by atoms with Gasteiger partial charge in [-0.2, -0.15) is 0 Å². The Bertz CT molecular complexity index is 1390. The van der Waals surface area contributed by atoms with Crippen LogP contribution in [-0.4, -0.2) is 37.2 Å². The van der Waals surface area contributed by atoms with Gasteiger partial charge in [0.25, 0.3) is 0 Å². The number of carbonyl (C=O) groups excluding carboxylic acids is 3. The van der Waals surface area contributed by atoms with Gasteiger partial charge in [0, 0.05) is 19.3 Å². The zero-order valence-electron chi connectivity index (χ0n) is 41.0. The number of hydrogen-bond acceptors (Lipinski definition) is 6. The Morgan fingerprint density at radius 3 is 1.17 bits per heavy atom. The van der Waals surface area contributed by atoms with E-state index in [4.69, 9.17) is 14.2 Å². The van der Waals surface area contributed by atoms with Crippen molar-refractivity contribution >= 4 is 17.9 Å². The van der Waals surface area contributed by atoms with E-state index in [2.05, 4.69) is 118 Å². The van der Waals surface area contributed by atoms with Crippen molar-refractivity contribution in [3.05, 3.63) is 122 Å². The highest BCUT2D eigenvalue weighted by Gasteiger charge is 2.19. The standard InChI is InChI=1S/C58H92O6/c1-4-7-10-13-16-19-22-25-27-28-29-30-32-33-36-39-42-45-48-51-57(60)63-54-55(53-62-56(59)50-47-44-41-38-35-24-21-18-15-12-9-6-3)64-58(61)52-49-46-43-40-37-34-31-26-23-20-17-14-11-8-5-2/h7-8,10-11,14,16-21,23,25-27,29-31,33,36,55H,4-6,9,12-13,15,22,24,28,32,34-35,37-54H2,1-3H3/b10-7-,11-8-,17-14-,19-16-,21-18-,23-20-,27-25-,30-29-,31-26-,36-33-. The summed E-state index contributed by atoms with van der Waals surface area (Å²) in [6.07, 6.45) is 70.3. The molecule has 0 N–H and O–H groups in total. The fourth-order valence-corrected chi connectivity index (χ4v) is 6.47. The summed E-state index contributed by atoms with van der Waals surface area (Å²) in [6, 6.07) is 0. The Balaban J connectivity index is 4.51. The fourth-order valence-electron chi connectivity index (χ4n) is 6.47. The molecule has 0 aliphatic heterocycles. The number of hydrogen-bond donors (Lipinski definition) is 0. The van der Waals surface area contributed by atoms with E-state index < -0.39 is 6.10 Å². The fraction of sp³-hybridized carbons (Fsp3) is 0.603. The maximum atomic E-state index is 12.8. The molecule has 0 rings (SSSR count). The van der Waals surface area contributed by atoms with Gasteiger partial charge in [0.2, 0.25) is 0 Å². The van der Waals surface area contributed by atoms with Crippen LogP contribution >= 0.6 is 0 Å². The van der Waals surface area contributed by atoms with Gasteiger partial charge >= 0.3 is 17.9 Å². The van der Waals surface area contributed by atoms with Crippen molar-refractivity contribution in [2.45, 2.75) is 213 Å². The first-order chi connectivity index (χ1) is 31.5. The van der Waals surface area contributed by atoms with Gasteiger partial charge in [-0.25, -0.2) is 0 Å². The van der Waals surface area contributed by atoms with Crippen LogP contribution in [0.5, 0.6) is 0 Å². The minimum atomic E-state index is -0.810. The third-order valence-electron chi connectivity index (χ3n) is 10.3. The third kappa shape index (κ3) is 48.8. The van der Waals surface area contributed by atoms with Crippen LogP contribution in [0.25, 0.3) is 0 Å². The summed E-state index contributed by atoms with van der Waals surface area (Å²) in [6.45, 7) is 6.28. The molecule has 0 aliphatic rings. The number of esters is 3. The molecule has 0 spiro atoms. The van der Waals surface area contributed by atoms with Gasteiger partial charge < -0.3 is 14.2 Å². The summed E-state index contributed by atoms with van der Waals surface area (Å²) in [5, 5.41) is 0. The molecule has 0 aromatic rings. The zero-order valence-corrected chi connectivity index (χ0v) is 41.0. The van der Waals surface area contributed by atoms with Crippen molar-refractivity contribution in [2.75, 3.05) is 13.2 Å². The number of allylic oxidation sites excluding steroid dienone is 20. The molecular formula is C58H92O6. The van der Waals surface area contributed by atoms with Gasteiger partial charge in [-0.3, -0.25) is 14.4 Å². The van der Waals surface area contributed by atoms with Crippen LogP contribution in [0.2, 0.25) is 0 Å². The van der Waals surface area contributed by atoms with Gasteiger partial charge in [0.15, 0.2) is 6.10 Å². The first kappa shape index (κ1) is 59.8. The predicted molar refractivity (Wildman–Crippen MR) is 274 cm³/mol. The van der Waals surface area contributed by atoms with E-state index in [0.29, 0.717) is 12.8 Å². The molecule has 0 aliphatic carbocycles. The maximum Gasteiger partial charge on any atom is 0.306 e. The Kier molecular flexibility index (Phi) is 48.1. The normalized spacial score (nSPS) is 13.1. The average molecular weight is 885 g/mol. The molecule has 0 bridgehead atoms. The van der Waals surface area contributed by atoms with Crippen molar-refractivity contribution in [1.82, 2.24) is 0 Å². The van der Waals surface area contributed by atoms with Gasteiger partial charge in [-0.15, -0.1) is 0 Å². The molecule has 0 amide bonds. The van der Waals surface area contributed by atoms with E-state index in [0.717, 1.165) is 135 Å². The largest absolute Gasteiger partial charge is 0.462 e. The Morgan fingerprint density at radius 2 is 0.688 bits per heavy atom. The lowest BCUT2D eigenvalue weighted by atomic mass is 10.1. The second-order valence-electron chi connectivity index (χ2n) is 16.4. The zero-order chi connectivity index (χ0) is 46.5. The van der Waals surface area contributed by atoms with E-state index in [1.54, 1.807) is 0 Å². The maximum absolute atomic E-state index is 12.8. The topological polar surface area (TPSA) is 78.9 Å². The quantitative estimate of drug-likeness (QED) is 0.0199. The van der Waals surface area contributed by atoms with Crippen LogP contribution in [0.3, 0.4) is 0 Å². The van der Waals surface area contributed by atoms with E-state index >= 15 is 0 Å². The smallest absolute Gasteiger partial charge is 0.306 e. The summed E-state index contributed by atoms with van der Waals surface area (Å²) < 4.78 is 16.7. The van der Waals surface area contributed by atoms with E-state index in [1.165, 1.54) is 32.1 Å². The van der Waals surface area contributed by atoms with Crippen molar-refractivity contribution < 1.29 is 28.6 Å². The molecule has 0 saturated heterocycles. The highest BCUT2D eigenvalue weighted by atomic mass is 16.6. The third-order valence-corrected chi connectivity index (χ3v) is 10.3. The molecule has 1 atom stereocenters. The van der Waals surface area contributed by atoms with E-state index in [1.807, 2.05) is 24.3 Å². The Hall–Kier alpha value is -4.19. The number of rotatable bonds is 44. The summed E-state index contributed by atoms with van der Waals surface area (Å²) in [4.78, 5) is 38.0. The Morgan fingerprint density at radius 1 is 0.344 bits per heavy atom. The lowest BCUT2D eigenvalue weighted by Gasteiger charge is -2.18. The van der Waals surface area contributed by atoms with Crippen LogP contribution in [0.1, 0.15) is 207 Å². The highest BCUT2D eigenvalue weighted by Crippen LogP contribution is 2.13. The first-order valence-electron chi connectivity index (χ1n) is 25.6. The molecule has 64 heavy (non-hydrogen) atoms. The number of carbonyl (C=O) groups is 3. The lowest BCUT2D eigenvalue weighted by Crippen LogP contribution is -2.30. The van der Waals surface area contributed by atoms with Gasteiger partial charge in [0.1, 0.15) is 13.2 Å². The Labute approximate surface area is 392 Å². The van der Waals surface area contributed by atoms with Crippen LogP contribution < -0.4 is 0 Å². The van der Waals surface area contributed by atoms with Gasteiger partial charge in [0.05, 0.1) is 0 Å². The van der Waals surface area contributed by atoms with Crippen LogP contribution in [0.4, 0.5) is 0 Å². The highest BCUT2D eigenvalue weighted by molar-refractivity contribution is 5.71. The van der Waals surface area contributed by atoms with Crippen molar-refractivity contribution in [3.63, 3.8) is 0 Å². The minimum absolute atomic E-state index is 0.107. The SMILES string of the molecule is CC\C=C/C=C\C=C/C=C\CCCCCCCC(=O)OC(COC(=O)CCCCC/C=C\C/C=C\C/C=C\C/C=C\C/C=C\CC)COC(=O)CCCCCCC/C=C\CCCCC. The molecule has 0 aromatic carbocycles. The predicted octanol–water partition coefficient (Wildman–Crippen LogP) is 16.9. The van der Waals surface area contributed by atoms with E-state index in [9.17, 15) is 14.4 Å². The second kappa shape index (κ2) is 51.4. The monoisotopic (exact) mass is 885 g/mol. The molecule has 0 fully saturated rings.